The molecule has 17 atom stereocenters. The minimum Gasteiger partial charge on any atom is -0.394 e. The van der Waals surface area contributed by atoms with Crippen molar-refractivity contribution in [3.8, 4) is 0 Å². The van der Waals surface area contributed by atoms with Gasteiger partial charge < -0.3 is 29.9 Å². The van der Waals surface area contributed by atoms with Gasteiger partial charge in [-0.2, -0.15) is 0 Å². The summed E-state index contributed by atoms with van der Waals surface area (Å²) < 4.78 is 12.4. The van der Waals surface area contributed by atoms with E-state index in [9.17, 15) is 25.2 Å². The fourth-order valence-corrected chi connectivity index (χ4v) is 11.9. The number of Topliss-reactive ketones (excluding diaryl/α,β-unsaturated/α-hetero) is 1. The van der Waals surface area contributed by atoms with Crippen molar-refractivity contribution < 1.29 is 34.7 Å². The Kier molecular flexibility index (Phi) is 7.66. The summed E-state index contributed by atoms with van der Waals surface area (Å²) in [5.74, 6) is 5.98. The second-order valence-corrected chi connectivity index (χ2v) is 15.8. The van der Waals surface area contributed by atoms with Gasteiger partial charge in [-0.1, -0.05) is 20.8 Å². The number of ketones is 1. The predicted octanol–water partition coefficient (Wildman–Crippen LogP) is 2.60. The third-order valence-corrected chi connectivity index (χ3v) is 14.0. The molecule has 8 heteroatoms. The lowest BCUT2D eigenvalue weighted by Crippen LogP contribution is -2.61. The van der Waals surface area contributed by atoms with E-state index in [1.807, 2.05) is 0 Å². The van der Waals surface area contributed by atoms with E-state index in [0.29, 0.717) is 30.6 Å². The first kappa shape index (κ1) is 29.1. The third kappa shape index (κ3) is 4.60. The summed E-state index contributed by atoms with van der Waals surface area (Å²) in [5, 5.41) is 41.2. The Labute approximate surface area is 245 Å². The monoisotopic (exact) mass is 575 g/mol. The maximum atomic E-state index is 12.8. The summed E-state index contributed by atoms with van der Waals surface area (Å²) in [6.45, 7) is 9.41. The molecule has 3 heterocycles. The van der Waals surface area contributed by atoms with Crippen LogP contribution in [-0.2, 0) is 14.3 Å². The molecule has 8 nitrogen and oxygen atoms in total. The maximum absolute atomic E-state index is 12.8. The Bertz CT molecular complexity index is 991. The van der Waals surface area contributed by atoms with Gasteiger partial charge in [-0.25, -0.2) is 0 Å². The molecule has 0 aromatic rings. The number of hydrogen-bond acceptors (Lipinski definition) is 8. The summed E-state index contributed by atoms with van der Waals surface area (Å²) in [5.41, 5.74) is -0.00901. The van der Waals surface area contributed by atoms with E-state index >= 15 is 0 Å². The lowest BCUT2D eigenvalue weighted by atomic mass is 9.51. The van der Waals surface area contributed by atoms with E-state index in [2.05, 4.69) is 25.7 Å². The van der Waals surface area contributed by atoms with Gasteiger partial charge in [0.15, 0.2) is 6.29 Å². The lowest BCUT2D eigenvalue weighted by Gasteiger charge is -2.57. The maximum Gasteiger partial charge on any atom is 0.186 e. The first-order valence-electron chi connectivity index (χ1n) is 16.8. The van der Waals surface area contributed by atoms with Crippen LogP contribution in [0.2, 0.25) is 0 Å². The highest BCUT2D eigenvalue weighted by atomic mass is 16.7. The number of piperidine rings is 2. The van der Waals surface area contributed by atoms with Crippen molar-refractivity contribution in [2.45, 2.75) is 121 Å². The van der Waals surface area contributed by atoms with E-state index in [1.165, 1.54) is 45.2 Å². The van der Waals surface area contributed by atoms with E-state index in [1.54, 1.807) is 0 Å². The van der Waals surface area contributed by atoms with E-state index in [4.69, 9.17) is 9.47 Å². The van der Waals surface area contributed by atoms with E-state index < -0.39 is 37.3 Å². The molecule has 0 aromatic carbocycles. The lowest BCUT2D eigenvalue weighted by molar-refractivity contribution is -0.323. The Morgan fingerprint density at radius 2 is 1.68 bits per heavy atom. The normalized spacial score (nSPS) is 57.2. The number of ether oxygens (including phenoxy) is 2. The molecule has 4 aliphatic carbocycles. The molecule has 4 saturated carbocycles. The van der Waals surface area contributed by atoms with Crippen LogP contribution in [0.25, 0.3) is 0 Å². The number of rotatable bonds is 3. The summed E-state index contributed by atoms with van der Waals surface area (Å²) >= 11 is 0. The van der Waals surface area contributed by atoms with Gasteiger partial charge in [0.1, 0.15) is 30.2 Å². The summed E-state index contributed by atoms with van der Waals surface area (Å²) in [4.78, 5) is 15.7. The van der Waals surface area contributed by atoms with Crippen molar-refractivity contribution in [2.75, 3.05) is 19.7 Å². The Balaban J connectivity index is 1.15. The van der Waals surface area contributed by atoms with Crippen LogP contribution in [0.4, 0.5) is 0 Å². The van der Waals surface area contributed by atoms with Gasteiger partial charge >= 0.3 is 0 Å². The Morgan fingerprint density at radius 1 is 0.902 bits per heavy atom. The van der Waals surface area contributed by atoms with Crippen LogP contribution >= 0.6 is 0 Å². The molecule has 3 aliphatic heterocycles. The van der Waals surface area contributed by atoms with Crippen LogP contribution in [0, 0.1) is 58.7 Å². The zero-order valence-electron chi connectivity index (χ0n) is 25.2. The van der Waals surface area contributed by atoms with Gasteiger partial charge in [0.25, 0.3) is 0 Å². The molecule has 232 valence electrons. The molecule has 0 amide bonds. The smallest absolute Gasteiger partial charge is 0.186 e. The van der Waals surface area contributed by atoms with Gasteiger partial charge in [0.05, 0.1) is 12.7 Å². The van der Waals surface area contributed by atoms with Crippen LogP contribution in [0.15, 0.2) is 0 Å². The molecule has 0 aromatic heterocycles. The minimum absolute atomic E-state index is 0.00901. The van der Waals surface area contributed by atoms with Gasteiger partial charge in [-0.15, -0.1) is 0 Å². The molecule has 7 rings (SSSR count). The van der Waals surface area contributed by atoms with Crippen LogP contribution < -0.4 is 0 Å². The van der Waals surface area contributed by atoms with Crippen molar-refractivity contribution >= 4 is 5.78 Å². The highest BCUT2D eigenvalue weighted by Crippen LogP contribution is 2.67. The number of fused-ring (bicyclic) bond motifs is 8. The van der Waals surface area contributed by atoms with Crippen LogP contribution in [0.3, 0.4) is 0 Å². The quantitative estimate of drug-likeness (QED) is 0.406. The number of hydrogen-bond donors (Lipinski definition) is 4. The number of aliphatic hydroxyl groups is 4. The predicted molar refractivity (Wildman–Crippen MR) is 151 cm³/mol. The van der Waals surface area contributed by atoms with Crippen molar-refractivity contribution in [1.82, 2.24) is 4.90 Å². The largest absolute Gasteiger partial charge is 0.394 e. The van der Waals surface area contributed by atoms with Crippen LogP contribution in [-0.4, -0.2) is 93.7 Å². The molecule has 0 radical (unpaired) electrons. The summed E-state index contributed by atoms with van der Waals surface area (Å²) in [6, 6.07) is 0.759. The number of nitrogens with zero attached hydrogens (tertiary/aromatic N) is 1. The zero-order valence-corrected chi connectivity index (χ0v) is 25.2. The molecule has 7 aliphatic rings. The fourth-order valence-electron chi connectivity index (χ4n) is 11.9. The second kappa shape index (κ2) is 10.8. The standard InChI is InChI=1S/C33H53NO7/c1-16-4-7-26-17(2)19-5-6-20-21(23(19)14-34(26)13-16)11-24-22(20)12-27(25-10-18(36)8-9-33(24,25)3)40-32-31(39)30(38)29(37)28(15-35)41-32/h16-17,19-32,35,37-39H,4-15H2,1-3H3/t16-,17+,19+,20+,21+,22-,23+,24-,25+,26-,27+,28+,29+,30-,31+,32+,33+/m0/s1. The molecule has 0 spiro atoms. The van der Waals surface area contributed by atoms with Crippen LogP contribution in [0.1, 0.15) is 78.6 Å². The number of carbonyl (C=O) groups excluding carboxylic acids is 1. The molecular weight excluding hydrogens is 522 g/mol. The first-order chi connectivity index (χ1) is 19.6. The molecule has 41 heavy (non-hydrogen) atoms. The fraction of sp³-hybridized carbons (Fsp3) is 0.970. The summed E-state index contributed by atoms with van der Waals surface area (Å²) in [6.07, 6.45) is 2.81. The highest BCUT2D eigenvalue weighted by Gasteiger charge is 2.63. The van der Waals surface area contributed by atoms with Gasteiger partial charge in [-0.05, 0) is 104 Å². The van der Waals surface area contributed by atoms with E-state index in [-0.39, 0.29) is 23.2 Å². The van der Waals surface area contributed by atoms with Crippen molar-refractivity contribution in [3.63, 3.8) is 0 Å². The van der Waals surface area contributed by atoms with E-state index in [0.717, 1.165) is 48.5 Å². The highest BCUT2D eigenvalue weighted by molar-refractivity contribution is 5.79. The molecular formula is C33H53NO7. The third-order valence-electron chi connectivity index (χ3n) is 14.0. The van der Waals surface area contributed by atoms with Crippen molar-refractivity contribution in [3.05, 3.63) is 0 Å². The first-order valence-corrected chi connectivity index (χ1v) is 16.8. The zero-order chi connectivity index (χ0) is 28.8. The average molecular weight is 576 g/mol. The Morgan fingerprint density at radius 3 is 2.46 bits per heavy atom. The van der Waals surface area contributed by atoms with Gasteiger partial charge in [0, 0.05) is 32.0 Å². The van der Waals surface area contributed by atoms with Crippen molar-refractivity contribution in [2.24, 2.45) is 58.7 Å². The molecule has 0 bridgehead atoms. The topological polar surface area (TPSA) is 120 Å². The number of aliphatic hydroxyl groups excluding tert-OH is 4. The molecule has 7 fully saturated rings. The number of carbonyl (C=O) groups is 1. The Hall–Kier alpha value is -0.610. The minimum atomic E-state index is -1.46. The molecule has 4 N–H and O–H groups in total. The van der Waals surface area contributed by atoms with Crippen molar-refractivity contribution in [1.29, 1.82) is 0 Å². The van der Waals surface area contributed by atoms with Gasteiger partial charge in [0.2, 0.25) is 0 Å². The second-order valence-electron chi connectivity index (χ2n) is 15.8. The summed E-state index contributed by atoms with van der Waals surface area (Å²) in [7, 11) is 0. The SMILES string of the molecule is C[C@H]1CC[C@H]2[C@H](C)[C@H]3CC[C@@H]4[C@@H](C[C@H]5[C@H]4C[C@@H](O[C@@H]4O[C@H](CO)[C@@H](O)[C@H](O)[C@H]4O)[C@H]4CC(=O)CC[C@@]45C)[C@@H]3CN2C1. The van der Waals surface area contributed by atoms with Crippen LogP contribution in [0.5, 0.6) is 0 Å². The average Bonchev–Trinajstić information content (AvgIpc) is 3.34. The molecule has 3 saturated heterocycles. The van der Waals surface area contributed by atoms with Gasteiger partial charge in [-0.3, -0.25) is 9.69 Å². The molecule has 0 unspecified atom stereocenters.